The highest BCUT2D eigenvalue weighted by atomic mass is 35.5. The molecule has 7 heteroatoms. The van der Waals surface area contributed by atoms with Gasteiger partial charge in [0.05, 0.1) is 17.3 Å². The molecule has 2 rings (SSSR count). The molecule has 0 atom stereocenters. The Bertz CT molecular complexity index is 546. The normalized spacial score (nSPS) is 15.8. The highest BCUT2D eigenvalue weighted by Gasteiger charge is 2.20. The molecule has 25 heavy (non-hydrogen) atoms. The molecule has 0 radical (unpaired) electrons. The lowest BCUT2D eigenvalue weighted by Gasteiger charge is -2.38. The number of hydrogen-bond acceptors (Lipinski definition) is 4. The van der Waals surface area contributed by atoms with Gasteiger partial charge in [0.2, 0.25) is 0 Å². The third-order valence-electron chi connectivity index (χ3n) is 4.44. The Morgan fingerprint density at radius 1 is 1.24 bits per heavy atom. The van der Waals surface area contributed by atoms with Crippen molar-refractivity contribution in [3.63, 3.8) is 0 Å². The Labute approximate surface area is 156 Å². The van der Waals surface area contributed by atoms with Crippen LogP contribution in [0.3, 0.4) is 0 Å². The average molecular weight is 368 g/mol. The number of methoxy groups -OCH3 is 1. The van der Waals surface area contributed by atoms with E-state index in [2.05, 4.69) is 38.1 Å². The molecule has 0 aliphatic carbocycles. The Hall–Kier alpha value is -1.50. The molecule has 1 aliphatic rings. The fourth-order valence-electron chi connectivity index (χ4n) is 2.92. The van der Waals surface area contributed by atoms with Gasteiger partial charge in [0.25, 0.3) is 0 Å². The van der Waals surface area contributed by atoms with E-state index in [4.69, 9.17) is 16.3 Å². The molecule has 140 valence electrons. The minimum atomic E-state index is 0.759. The van der Waals surface area contributed by atoms with Crippen LogP contribution in [0.15, 0.2) is 29.3 Å². The quantitative estimate of drug-likeness (QED) is 0.586. The molecule has 1 heterocycles. The summed E-state index contributed by atoms with van der Waals surface area (Å²) in [5, 5.41) is 4.28. The fourth-order valence-corrected chi connectivity index (χ4v) is 3.17. The number of guanidine groups is 1. The second-order valence-electron chi connectivity index (χ2n) is 6.20. The number of ether oxygens (including phenoxy) is 1. The lowest BCUT2D eigenvalue weighted by Crippen LogP contribution is -2.53. The average Bonchev–Trinajstić information content (AvgIpc) is 2.64. The number of para-hydroxylation sites is 1. The maximum Gasteiger partial charge on any atom is 0.193 e. The zero-order valence-electron chi connectivity index (χ0n) is 15.5. The first kappa shape index (κ1) is 19.8. The van der Waals surface area contributed by atoms with Crippen molar-refractivity contribution in [1.82, 2.24) is 15.1 Å². The minimum Gasteiger partial charge on any atom is -0.383 e. The molecule has 0 bridgehead atoms. The number of rotatable bonds is 7. The number of anilines is 1. The first-order chi connectivity index (χ1) is 12.2. The van der Waals surface area contributed by atoms with E-state index in [1.54, 1.807) is 7.11 Å². The van der Waals surface area contributed by atoms with Gasteiger partial charge in [-0.25, -0.2) is 0 Å². The predicted molar refractivity (Wildman–Crippen MR) is 106 cm³/mol. The van der Waals surface area contributed by atoms with Crippen molar-refractivity contribution in [2.24, 2.45) is 4.99 Å². The molecule has 0 spiro atoms. The molecule has 1 aliphatic heterocycles. The number of likely N-dealkylation sites (N-methyl/N-ethyl adjacent to an activating group) is 1. The van der Waals surface area contributed by atoms with Gasteiger partial charge in [-0.15, -0.1) is 0 Å². The molecule has 0 aromatic heterocycles. The molecule has 1 aromatic rings. The van der Waals surface area contributed by atoms with Crippen LogP contribution < -0.4 is 10.2 Å². The Balaban J connectivity index is 1.77. The topological polar surface area (TPSA) is 43.3 Å². The van der Waals surface area contributed by atoms with E-state index in [9.17, 15) is 0 Å². The lowest BCUT2D eigenvalue weighted by atomic mass is 10.2. The summed E-state index contributed by atoms with van der Waals surface area (Å²) in [6, 6.07) is 8.04. The third-order valence-corrected chi connectivity index (χ3v) is 4.76. The first-order valence-corrected chi connectivity index (χ1v) is 9.16. The van der Waals surface area contributed by atoms with E-state index in [1.165, 1.54) is 0 Å². The van der Waals surface area contributed by atoms with E-state index in [1.807, 2.05) is 25.2 Å². The van der Waals surface area contributed by atoms with Gasteiger partial charge in [-0.05, 0) is 19.2 Å². The predicted octanol–water partition coefficient (Wildman–Crippen LogP) is 1.62. The third kappa shape index (κ3) is 6.06. The van der Waals surface area contributed by atoms with Gasteiger partial charge >= 0.3 is 0 Å². The van der Waals surface area contributed by atoms with Gasteiger partial charge in [0.15, 0.2) is 5.96 Å². The van der Waals surface area contributed by atoms with Gasteiger partial charge in [-0.3, -0.25) is 4.99 Å². The summed E-state index contributed by atoms with van der Waals surface area (Å²) in [7, 11) is 5.68. The van der Waals surface area contributed by atoms with Crippen LogP contribution in [0.25, 0.3) is 0 Å². The van der Waals surface area contributed by atoms with Gasteiger partial charge < -0.3 is 24.8 Å². The van der Waals surface area contributed by atoms with Crippen molar-refractivity contribution >= 4 is 23.2 Å². The maximum atomic E-state index is 6.31. The zero-order chi connectivity index (χ0) is 18.1. The van der Waals surface area contributed by atoms with Crippen LogP contribution in [-0.4, -0.2) is 89.4 Å². The molecular weight excluding hydrogens is 338 g/mol. The molecular formula is C18H30ClN5O. The van der Waals surface area contributed by atoms with Crippen LogP contribution in [0.1, 0.15) is 0 Å². The Morgan fingerprint density at radius 2 is 1.96 bits per heavy atom. The number of benzene rings is 1. The van der Waals surface area contributed by atoms with Crippen LogP contribution in [0.5, 0.6) is 0 Å². The van der Waals surface area contributed by atoms with Crippen LogP contribution in [0.2, 0.25) is 5.02 Å². The van der Waals surface area contributed by atoms with Crippen LogP contribution >= 0.6 is 11.6 Å². The largest absolute Gasteiger partial charge is 0.383 e. The standard InChI is InChI=1S/C18H30ClN5O/c1-20-18(21-8-9-22(2)14-15-25-3)24-12-10-23(11-13-24)17-7-5-4-6-16(17)19/h4-7H,8-15H2,1-3H3,(H,20,21). The van der Waals surface area contributed by atoms with Crippen molar-refractivity contribution < 1.29 is 4.74 Å². The summed E-state index contributed by atoms with van der Waals surface area (Å²) >= 11 is 6.31. The summed E-state index contributed by atoms with van der Waals surface area (Å²) in [5.41, 5.74) is 1.12. The summed E-state index contributed by atoms with van der Waals surface area (Å²) < 4.78 is 5.10. The molecule has 0 amide bonds. The summed E-state index contributed by atoms with van der Waals surface area (Å²) in [6.07, 6.45) is 0. The number of aliphatic imine (C=N–C) groups is 1. The molecule has 1 fully saturated rings. The molecule has 1 N–H and O–H groups in total. The van der Waals surface area contributed by atoms with Gasteiger partial charge in [0, 0.05) is 60.0 Å². The van der Waals surface area contributed by atoms with E-state index in [0.717, 1.165) is 69.1 Å². The maximum absolute atomic E-state index is 6.31. The van der Waals surface area contributed by atoms with E-state index >= 15 is 0 Å². The van der Waals surface area contributed by atoms with Gasteiger partial charge in [-0.1, -0.05) is 23.7 Å². The molecule has 6 nitrogen and oxygen atoms in total. The second-order valence-corrected chi connectivity index (χ2v) is 6.60. The molecule has 1 aromatic carbocycles. The van der Waals surface area contributed by atoms with Crippen LogP contribution in [0.4, 0.5) is 5.69 Å². The van der Waals surface area contributed by atoms with Gasteiger partial charge in [0.1, 0.15) is 0 Å². The smallest absolute Gasteiger partial charge is 0.193 e. The Kier molecular flexibility index (Phi) is 8.31. The number of nitrogens with one attached hydrogen (secondary N) is 1. The van der Waals surface area contributed by atoms with Crippen molar-refractivity contribution in [3.8, 4) is 0 Å². The monoisotopic (exact) mass is 367 g/mol. The van der Waals surface area contributed by atoms with Crippen LogP contribution in [-0.2, 0) is 4.74 Å². The SMILES string of the molecule is CN=C(NCCN(C)CCOC)N1CCN(c2ccccc2Cl)CC1. The summed E-state index contributed by atoms with van der Waals surface area (Å²) in [5.74, 6) is 0.971. The summed E-state index contributed by atoms with van der Waals surface area (Å²) in [4.78, 5) is 11.3. The van der Waals surface area contributed by atoms with E-state index in [0.29, 0.717) is 0 Å². The van der Waals surface area contributed by atoms with Crippen molar-refractivity contribution in [2.45, 2.75) is 0 Å². The number of piperazine rings is 1. The first-order valence-electron chi connectivity index (χ1n) is 8.78. The van der Waals surface area contributed by atoms with E-state index in [-0.39, 0.29) is 0 Å². The van der Waals surface area contributed by atoms with Crippen molar-refractivity contribution in [2.75, 3.05) is 78.5 Å². The lowest BCUT2D eigenvalue weighted by molar-refractivity contribution is 0.162. The zero-order valence-corrected chi connectivity index (χ0v) is 16.3. The van der Waals surface area contributed by atoms with Crippen molar-refractivity contribution in [1.29, 1.82) is 0 Å². The number of nitrogens with zero attached hydrogens (tertiary/aromatic N) is 4. The molecule has 0 unspecified atom stereocenters. The second kappa shape index (κ2) is 10.5. The summed E-state index contributed by atoms with van der Waals surface area (Å²) in [6.45, 7) is 7.28. The Morgan fingerprint density at radius 3 is 2.60 bits per heavy atom. The fraction of sp³-hybridized carbons (Fsp3) is 0.611. The molecule has 0 saturated carbocycles. The van der Waals surface area contributed by atoms with E-state index < -0.39 is 0 Å². The van der Waals surface area contributed by atoms with Crippen molar-refractivity contribution in [3.05, 3.63) is 29.3 Å². The highest BCUT2D eigenvalue weighted by Crippen LogP contribution is 2.25. The minimum absolute atomic E-state index is 0.759. The highest BCUT2D eigenvalue weighted by molar-refractivity contribution is 6.33. The van der Waals surface area contributed by atoms with Crippen LogP contribution in [0, 0.1) is 0 Å². The number of halogens is 1. The number of hydrogen-bond donors (Lipinski definition) is 1. The van der Waals surface area contributed by atoms with Gasteiger partial charge in [-0.2, -0.15) is 0 Å². The molecule has 1 saturated heterocycles.